The number of aromatic nitrogens is 2. The molecule has 0 spiro atoms. The molecular weight excluding hydrogens is 348 g/mol. The molecule has 1 amide bonds. The van der Waals surface area contributed by atoms with Crippen LogP contribution >= 0.6 is 0 Å². The summed E-state index contributed by atoms with van der Waals surface area (Å²) in [5.74, 6) is -0.0144. The molecule has 2 aromatic rings. The maximum Gasteiger partial charge on any atom is 0.331 e. The number of hydrogen-bond donors (Lipinski definition) is 1. The number of aryl methyl sites for hydroxylation is 1. The Balaban J connectivity index is 0.00000126. The quantitative estimate of drug-likeness (QED) is 0.471. The number of amides is 1. The number of hydrogen-bond acceptors (Lipinski definition) is 6. The van der Waals surface area contributed by atoms with Crippen molar-refractivity contribution >= 4 is 11.6 Å². The van der Waals surface area contributed by atoms with Gasteiger partial charge < -0.3 is 10.1 Å². The van der Waals surface area contributed by atoms with Crippen LogP contribution in [0.2, 0.25) is 0 Å². The van der Waals surface area contributed by atoms with Gasteiger partial charge in [-0.3, -0.25) is 19.9 Å². The Morgan fingerprint density at radius 1 is 1.33 bits per heavy atom. The molecule has 2 aromatic heterocycles. The van der Waals surface area contributed by atoms with Crippen molar-refractivity contribution in [3.8, 4) is 11.6 Å². The van der Waals surface area contributed by atoms with E-state index >= 15 is 0 Å². The Bertz CT molecular complexity index is 845. The van der Waals surface area contributed by atoms with Crippen molar-refractivity contribution < 1.29 is 14.5 Å². The Hall–Kier alpha value is -3.29. The smallest absolute Gasteiger partial charge is 0.331 e. The van der Waals surface area contributed by atoms with Gasteiger partial charge in [0, 0.05) is 12.3 Å². The van der Waals surface area contributed by atoms with Gasteiger partial charge in [0.15, 0.2) is 0 Å². The summed E-state index contributed by atoms with van der Waals surface area (Å²) in [6, 6.07) is 4.77. The molecule has 0 aliphatic heterocycles. The van der Waals surface area contributed by atoms with Crippen LogP contribution in [-0.2, 0) is 10.3 Å². The minimum absolute atomic E-state index is 0.0914. The van der Waals surface area contributed by atoms with E-state index in [4.69, 9.17) is 4.74 Å². The number of nitro groups is 1. The highest BCUT2D eigenvalue weighted by Gasteiger charge is 2.46. The van der Waals surface area contributed by atoms with Crippen molar-refractivity contribution in [2.45, 2.75) is 39.2 Å². The van der Waals surface area contributed by atoms with Crippen molar-refractivity contribution in [1.29, 1.82) is 0 Å². The molecule has 8 nitrogen and oxygen atoms in total. The summed E-state index contributed by atoms with van der Waals surface area (Å²) in [5, 5.41) is 14.0. The van der Waals surface area contributed by atoms with Crippen LogP contribution in [0.15, 0.2) is 43.2 Å². The third-order valence-electron chi connectivity index (χ3n) is 3.90. The molecule has 3 rings (SSSR count). The highest BCUT2D eigenvalue weighted by Crippen LogP contribution is 2.45. The van der Waals surface area contributed by atoms with Gasteiger partial charge >= 0.3 is 5.69 Å². The topological polar surface area (TPSA) is 107 Å². The molecule has 1 saturated carbocycles. The van der Waals surface area contributed by atoms with Crippen molar-refractivity contribution in [2.75, 3.05) is 0 Å². The first kappa shape index (κ1) is 20.0. The molecule has 0 unspecified atom stereocenters. The highest BCUT2D eigenvalue weighted by molar-refractivity contribution is 5.87. The zero-order valence-corrected chi connectivity index (χ0v) is 15.6. The fourth-order valence-electron chi connectivity index (χ4n) is 2.44. The van der Waals surface area contributed by atoms with Crippen LogP contribution in [0.5, 0.6) is 11.6 Å². The van der Waals surface area contributed by atoms with E-state index in [1.165, 1.54) is 24.5 Å². The lowest BCUT2D eigenvalue weighted by Gasteiger charge is -2.16. The van der Waals surface area contributed by atoms with Crippen molar-refractivity contribution in [2.24, 2.45) is 0 Å². The summed E-state index contributed by atoms with van der Waals surface area (Å²) >= 11 is 0. The molecule has 8 heteroatoms. The predicted octanol–water partition coefficient (Wildman–Crippen LogP) is 3.80. The Morgan fingerprint density at radius 3 is 2.56 bits per heavy atom. The Labute approximate surface area is 157 Å². The molecule has 0 bridgehead atoms. The summed E-state index contributed by atoms with van der Waals surface area (Å²) < 4.78 is 5.50. The molecule has 2 heterocycles. The number of rotatable bonds is 6. The zero-order valence-electron chi connectivity index (χ0n) is 15.6. The number of ether oxygens (including phenoxy) is 1. The lowest BCUT2D eigenvalue weighted by Crippen LogP contribution is -2.34. The first-order chi connectivity index (χ1) is 12.9. The minimum Gasteiger partial charge on any atom is -0.432 e. The van der Waals surface area contributed by atoms with E-state index in [-0.39, 0.29) is 17.5 Å². The van der Waals surface area contributed by atoms with Gasteiger partial charge in [-0.05, 0) is 43.5 Å². The lowest BCUT2D eigenvalue weighted by atomic mass is 10.1. The van der Waals surface area contributed by atoms with Crippen LogP contribution in [-0.4, -0.2) is 20.8 Å². The van der Waals surface area contributed by atoms with Crippen molar-refractivity contribution in [1.82, 2.24) is 15.3 Å². The van der Waals surface area contributed by atoms with Gasteiger partial charge in [0.05, 0.1) is 22.4 Å². The molecule has 27 heavy (non-hydrogen) atoms. The van der Waals surface area contributed by atoms with E-state index < -0.39 is 10.5 Å². The number of carbonyl (C=O) groups excluding carboxylic acids is 1. The van der Waals surface area contributed by atoms with Gasteiger partial charge in [-0.15, -0.1) is 0 Å². The summed E-state index contributed by atoms with van der Waals surface area (Å²) in [6.07, 6.45) is 5.77. The normalized spacial score (nSPS) is 13.6. The predicted molar refractivity (Wildman–Crippen MR) is 101 cm³/mol. The molecule has 1 aliphatic rings. The van der Waals surface area contributed by atoms with Crippen LogP contribution in [0.3, 0.4) is 0 Å². The second-order valence-electron chi connectivity index (χ2n) is 5.85. The van der Waals surface area contributed by atoms with E-state index in [0.29, 0.717) is 17.0 Å². The average Bonchev–Trinajstić information content (AvgIpc) is 3.45. The van der Waals surface area contributed by atoms with Crippen molar-refractivity contribution in [3.05, 3.63) is 64.6 Å². The molecule has 1 N–H and O–H groups in total. The molecular formula is C19H22N4O4. The van der Waals surface area contributed by atoms with Gasteiger partial charge in [0.2, 0.25) is 5.91 Å². The number of carbonyl (C=O) groups is 1. The first-order valence-corrected chi connectivity index (χ1v) is 8.63. The van der Waals surface area contributed by atoms with E-state index in [9.17, 15) is 14.9 Å². The third kappa shape index (κ3) is 4.66. The molecule has 1 aliphatic carbocycles. The monoisotopic (exact) mass is 370 g/mol. The zero-order chi connectivity index (χ0) is 20.0. The number of pyridine rings is 2. The average molecular weight is 370 g/mol. The van der Waals surface area contributed by atoms with Crippen molar-refractivity contribution in [3.63, 3.8) is 0 Å². The van der Waals surface area contributed by atoms with E-state index in [1.807, 2.05) is 13.8 Å². The van der Waals surface area contributed by atoms with Crippen LogP contribution in [0.1, 0.15) is 37.9 Å². The summed E-state index contributed by atoms with van der Waals surface area (Å²) in [7, 11) is 0. The molecule has 0 atom stereocenters. The second kappa shape index (κ2) is 8.39. The van der Waals surface area contributed by atoms with Crippen LogP contribution < -0.4 is 10.1 Å². The van der Waals surface area contributed by atoms with E-state index in [2.05, 4.69) is 21.9 Å². The second-order valence-corrected chi connectivity index (χ2v) is 5.85. The molecule has 0 aromatic carbocycles. The summed E-state index contributed by atoms with van der Waals surface area (Å²) in [4.78, 5) is 30.4. The van der Waals surface area contributed by atoms with E-state index in [1.54, 1.807) is 19.1 Å². The van der Waals surface area contributed by atoms with Crippen LogP contribution in [0, 0.1) is 17.0 Å². The fraction of sp³-hybridized carbons (Fsp3) is 0.316. The fourth-order valence-corrected chi connectivity index (χ4v) is 2.44. The maximum atomic E-state index is 11.5. The third-order valence-corrected chi connectivity index (χ3v) is 3.90. The highest BCUT2D eigenvalue weighted by atomic mass is 16.6. The van der Waals surface area contributed by atoms with Gasteiger partial charge in [0.25, 0.3) is 5.88 Å². The summed E-state index contributed by atoms with van der Waals surface area (Å²) in [6.45, 7) is 9.16. The van der Waals surface area contributed by atoms with Gasteiger partial charge in [-0.25, -0.2) is 4.98 Å². The molecule has 0 saturated heterocycles. The molecule has 1 fully saturated rings. The maximum absolute atomic E-state index is 11.5. The summed E-state index contributed by atoms with van der Waals surface area (Å²) in [5.41, 5.74) is 0.710. The number of nitrogens with zero attached hydrogens (tertiary/aromatic N) is 3. The lowest BCUT2D eigenvalue weighted by molar-refractivity contribution is -0.386. The van der Waals surface area contributed by atoms with Gasteiger partial charge in [-0.2, -0.15) is 0 Å². The Kier molecular flexibility index (Phi) is 6.23. The van der Waals surface area contributed by atoms with Crippen LogP contribution in [0.25, 0.3) is 0 Å². The minimum atomic E-state index is -0.541. The van der Waals surface area contributed by atoms with Gasteiger partial charge in [-0.1, -0.05) is 20.4 Å². The largest absolute Gasteiger partial charge is 0.432 e. The Morgan fingerprint density at radius 2 is 2.04 bits per heavy atom. The molecule has 0 radical (unpaired) electrons. The van der Waals surface area contributed by atoms with E-state index in [0.717, 1.165) is 12.8 Å². The van der Waals surface area contributed by atoms with Crippen LogP contribution in [0.4, 0.5) is 5.69 Å². The molecule has 142 valence electrons. The SMILES string of the molecule is C=CC(=O)NC1(c2ccc(Oc3ncc(C)cc3[N+](=O)[O-])cn2)CC1.CC. The van der Waals surface area contributed by atoms with Gasteiger partial charge in [0.1, 0.15) is 5.75 Å². The standard InChI is InChI=1S/C17H16N4O4.C2H6/c1-3-15(22)20-17(6-7-17)14-5-4-12(10-18-14)25-16-13(21(23)24)8-11(2)9-19-16;1-2/h3-5,8-10H,1,6-7H2,2H3,(H,20,22);1-2H3. The first-order valence-electron chi connectivity index (χ1n) is 8.63. The number of nitrogens with one attached hydrogen (secondary N) is 1.